The van der Waals surface area contributed by atoms with Gasteiger partial charge in [0.05, 0.1) is 0 Å². The lowest BCUT2D eigenvalue weighted by atomic mass is 9.75. The molecule has 0 spiro atoms. The van der Waals surface area contributed by atoms with E-state index < -0.39 is 0 Å². The van der Waals surface area contributed by atoms with Gasteiger partial charge in [-0.25, -0.2) is 0 Å². The fourth-order valence-electron chi connectivity index (χ4n) is 3.27. The van der Waals surface area contributed by atoms with Crippen LogP contribution in [0.3, 0.4) is 0 Å². The van der Waals surface area contributed by atoms with Crippen LogP contribution < -0.4 is 0 Å². The van der Waals surface area contributed by atoms with Crippen molar-refractivity contribution in [2.45, 2.75) is 65.0 Å². The second-order valence-corrected chi connectivity index (χ2v) is 7.28. The van der Waals surface area contributed by atoms with Crippen LogP contribution in [-0.2, 0) is 6.42 Å². The molecule has 0 aliphatic heterocycles. The van der Waals surface area contributed by atoms with Crippen LogP contribution in [0, 0.1) is 5.41 Å². The van der Waals surface area contributed by atoms with Gasteiger partial charge in [0, 0.05) is 12.1 Å². The van der Waals surface area contributed by atoms with Crippen molar-refractivity contribution in [3.63, 3.8) is 0 Å². The van der Waals surface area contributed by atoms with Crippen molar-refractivity contribution in [3.8, 4) is 5.75 Å². The van der Waals surface area contributed by atoms with Crippen LogP contribution in [0.1, 0.15) is 52.0 Å². The Hall–Kier alpha value is -1.02. The molecule has 1 N–H and O–H groups in total. The Morgan fingerprint density at radius 3 is 2.30 bits per heavy atom. The SMILES string of the molecule is CC(Cc1ccc(O)cc1)N(C)C1CCC(C)(C)CC1. The fourth-order valence-corrected chi connectivity index (χ4v) is 3.27. The average molecular weight is 275 g/mol. The van der Waals surface area contributed by atoms with Gasteiger partial charge < -0.3 is 10.0 Å². The summed E-state index contributed by atoms with van der Waals surface area (Å²) < 4.78 is 0. The molecule has 20 heavy (non-hydrogen) atoms. The third-order valence-corrected chi connectivity index (χ3v) is 5.05. The largest absolute Gasteiger partial charge is 0.508 e. The fraction of sp³-hybridized carbons (Fsp3) is 0.667. The van der Waals surface area contributed by atoms with Crippen LogP contribution >= 0.6 is 0 Å². The Morgan fingerprint density at radius 2 is 1.75 bits per heavy atom. The van der Waals surface area contributed by atoms with Gasteiger partial charge in [-0.2, -0.15) is 0 Å². The Balaban J connectivity index is 1.89. The van der Waals surface area contributed by atoms with Gasteiger partial charge in [-0.3, -0.25) is 0 Å². The van der Waals surface area contributed by atoms with Crippen molar-refractivity contribution in [2.75, 3.05) is 7.05 Å². The highest BCUT2D eigenvalue weighted by atomic mass is 16.3. The molecule has 2 heteroatoms. The first-order valence-electron chi connectivity index (χ1n) is 7.87. The zero-order chi connectivity index (χ0) is 14.8. The Kier molecular flexibility index (Phi) is 4.74. The first-order valence-corrected chi connectivity index (χ1v) is 7.87. The first kappa shape index (κ1) is 15.4. The van der Waals surface area contributed by atoms with Crippen molar-refractivity contribution in [2.24, 2.45) is 5.41 Å². The van der Waals surface area contributed by atoms with E-state index >= 15 is 0 Å². The van der Waals surface area contributed by atoms with Gasteiger partial charge in [0.1, 0.15) is 5.75 Å². The highest BCUT2D eigenvalue weighted by molar-refractivity contribution is 5.26. The van der Waals surface area contributed by atoms with Crippen LogP contribution in [-0.4, -0.2) is 29.1 Å². The topological polar surface area (TPSA) is 23.5 Å². The highest BCUT2D eigenvalue weighted by Crippen LogP contribution is 2.37. The minimum absolute atomic E-state index is 0.351. The van der Waals surface area contributed by atoms with Gasteiger partial charge in [0.15, 0.2) is 0 Å². The first-order chi connectivity index (χ1) is 9.37. The van der Waals surface area contributed by atoms with E-state index in [0.717, 1.165) is 12.5 Å². The Bertz CT molecular complexity index is 414. The normalized spacial score (nSPS) is 21.1. The second-order valence-electron chi connectivity index (χ2n) is 7.28. The van der Waals surface area contributed by atoms with Gasteiger partial charge in [-0.1, -0.05) is 26.0 Å². The molecule has 1 aliphatic carbocycles. The number of hydrogen-bond acceptors (Lipinski definition) is 2. The number of phenolic OH excluding ortho intramolecular Hbond substituents is 1. The van der Waals surface area contributed by atoms with Crippen LogP contribution in [0.15, 0.2) is 24.3 Å². The third-order valence-electron chi connectivity index (χ3n) is 5.05. The van der Waals surface area contributed by atoms with Gasteiger partial charge in [-0.15, -0.1) is 0 Å². The van der Waals surface area contributed by atoms with Crippen molar-refractivity contribution in [1.82, 2.24) is 4.90 Å². The standard InChI is InChI=1S/C18H29NO/c1-14(13-15-5-7-17(20)8-6-15)19(4)16-9-11-18(2,3)12-10-16/h5-8,14,16,20H,9-13H2,1-4H3. The second kappa shape index (κ2) is 6.17. The molecule has 1 unspecified atom stereocenters. The molecule has 0 saturated heterocycles. The maximum absolute atomic E-state index is 9.34. The summed E-state index contributed by atoms with van der Waals surface area (Å²) in [5.74, 6) is 0.351. The Labute approximate surface area is 123 Å². The van der Waals surface area contributed by atoms with Crippen LogP contribution in [0.2, 0.25) is 0 Å². The third kappa shape index (κ3) is 3.99. The molecule has 0 aromatic heterocycles. The summed E-state index contributed by atoms with van der Waals surface area (Å²) >= 11 is 0. The zero-order valence-electron chi connectivity index (χ0n) is 13.4. The zero-order valence-corrected chi connectivity index (χ0v) is 13.4. The molecule has 1 fully saturated rings. The van der Waals surface area contributed by atoms with Gasteiger partial charge in [0.2, 0.25) is 0 Å². The molecular formula is C18H29NO. The molecule has 0 heterocycles. The lowest BCUT2D eigenvalue weighted by Gasteiger charge is -2.41. The lowest BCUT2D eigenvalue weighted by molar-refractivity contribution is 0.100. The summed E-state index contributed by atoms with van der Waals surface area (Å²) in [5.41, 5.74) is 1.84. The number of likely N-dealkylation sites (N-methyl/N-ethyl adjacent to an activating group) is 1. The van der Waals surface area contributed by atoms with E-state index in [1.807, 2.05) is 12.1 Å². The van der Waals surface area contributed by atoms with Crippen molar-refractivity contribution >= 4 is 0 Å². The maximum atomic E-state index is 9.34. The summed E-state index contributed by atoms with van der Waals surface area (Å²) in [5, 5.41) is 9.34. The molecule has 0 radical (unpaired) electrons. The summed E-state index contributed by atoms with van der Waals surface area (Å²) in [4.78, 5) is 2.56. The van der Waals surface area contributed by atoms with Crippen molar-refractivity contribution in [3.05, 3.63) is 29.8 Å². The number of benzene rings is 1. The van der Waals surface area contributed by atoms with Gasteiger partial charge in [-0.05, 0) is 69.2 Å². The smallest absolute Gasteiger partial charge is 0.115 e. The predicted octanol–water partition coefficient (Wildman–Crippen LogP) is 4.22. The molecule has 2 rings (SSSR count). The molecule has 1 atom stereocenters. The molecule has 0 amide bonds. The monoisotopic (exact) mass is 275 g/mol. The van der Waals surface area contributed by atoms with E-state index in [2.05, 4.69) is 32.7 Å². The number of rotatable bonds is 4. The molecule has 1 aromatic rings. The summed E-state index contributed by atoms with van der Waals surface area (Å²) in [7, 11) is 2.27. The maximum Gasteiger partial charge on any atom is 0.115 e. The van der Waals surface area contributed by atoms with Gasteiger partial charge in [0.25, 0.3) is 0 Å². The number of hydrogen-bond donors (Lipinski definition) is 1. The quantitative estimate of drug-likeness (QED) is 0.889. The van der Waals surface area contributed by atoms with Gasteiger partial charge >= 0.3 is 0 Å². The minimum atomic E-state index is 0.351. The summed E-state index contributed by atoms with van der Waals surface area (Å²) in [6.45, 7) is 7.10. The molecular weight excluding hydrogens is 246 g/mol. The van der Waals surface area contributed by atoms with Crippen molar-refractivity contribution in [1.29, 1.82) is 0 Å². The average Bonchev–Trinajstić information content (AvgIpc) is 2.40. The van der Waals surface area contributed by atoms with Crippen LogP contribution in [0.25, 0.3) is 0 Å². The number of nitrogens with zero attached hydrogens (tertiary/aromatic N) is 1. The molecule has 0 bridgehead atoms. The van der Waals surface area contributed by atoms with E-state index in [9.17, 15) is 5.11 Å². The van der Waals surface area contributed by atoms with E-state index in [1.165, 1.54) is 31.2 Å². The molecule has 1 saturated carbocycles. The highest BCUT2D eigenvalue weighted by Gasteiger charge is 2.30. The van der Waals surface area contributed by atoms with Crippen LogP contribution in [0.5, 0.6) is 5.75 Å². The summed E-state index contributed by atoms with van der Waals surface area (Å²) in [6, 6.07) is 8.91. The number of phenols is 1. The Morgan fingerprint density at radius 1 is 1.20 bits per heavy atom. The van der Waals surface area contributed by atoms with E-state index in [0.29, 0.717) is 17.2 Å². The van der Waals surface area contributed by atoms with Crippen molar-refractivity contribution < 1.29 is 5.11 Å². The predicted molar refractivity (Wildman–Crippen MR) is 85.1 cm³/mol. The molecule has 1 aromatic carbocycles. The van der Waals surface area contributed by atoms with E-state index in [4.69, 9.17) is 0 Å². The minimum Gasteiger partial charge on any atom is -0.508 e. The molecule has 1 aliphatic rings. The summed E-state index contributed by atoms with van der Waals surface area (Å²) in [6.07, 6.45) is 6.38. The lowest BCUT2D eigenvalue weighted by Crippen LogP contribution is -2.42. The molecule has 112 valence electrons. The molecule has 2 nitrogen and oxygen atoms in total. The van der Waals surface area contributed by atoms with E-state index in [1.54, 1.807) is 12.1 Å². The van der Waals surface area contributed by atoms with Crippen LogP contribution in [0.4, 0.5) is 0 Å². The number of aromatic hydroxyl groups is 1. The van der Waals surface area contributed by atoms with E-state index in [-0.39, 0.29) is 0 Å².